The van der Waals surface area contributed by atoms with Crippen molar-refractivity contribution < 1.29 is 19.2 Å². The summed E-state index contributed by atoms with van der Waals surface area (Å²) < 4.78 is 10.3. The number of carbonyl (C=O) groups excluding carboxylic acids is 1. The third-order valence-corrected chi connectivity index (χ3v) is 4.45. The number of nitrogens with one attached hydrogen (secondary N) is 1. The SMILES string of the molecule is COc1cc(CCNC(=O)C2CCCCC2)c([N+](=O)[O-])cc1OC. The van der Waals surface area contributed by atoms with E-state index in [2.05, 4.69) is 5.32 Å². The molecule has 0 spiro atoms. The van der Waals surface area contributed by atoms with Crippen LogP contribution < -0.4 is 14.8 Å². The smallest absolute Gasteiger partial charge is 0.276 e. The van der Waals surface area contributed by atoms with Crippen molar-refractivity contribution in [1.82, 2.24) is 5.32 Å². The first-order valence-corrected chi connectivity index (χ1v) is 8.23. The molecular weight excluding hydrogens is 312 g/mol. The van der Waals surface area contributed by atoms with Crippen LogP contribution in [-0.2, 0) is 11.2 Å². The van der Waals surface area contributed by atoms with Gasteiger partial charge in [0.15, 0.2) is 11.5 Å². The zero-order chi connectivity index (χ0) is 17.5. The molecule has 7 heteroatoms. The molecule has 1 fully saturated rings. The Bertz CT molecular complexity index is 597. The number of hydrogen-bond donors (Lipinski definition) is 1. The van der Waals surface area contributed by atoms with Crippen LogP contribution in [0.3, 0.4) is 0 Å². The molecule has 1 amide bonds. The van der Waals surface area contributed by atoms with E-state index < -0.39 is 4.92 Å². The van der Waals surface area contributed by atoms with Gasteiger partial charge in [-0.1, -0.05) is 19.3 Å². The predicted octanol–water partition coefficient (Wildman–Crippen LogP) is 2.85. The first kappa shape index (κ1) is 18.0. The van der Waals surface area contributed by atoms with Crippen molar-refractivity contribution in [3.63, 3.8) is 0 Å². The maximum Gasteiger partial charge on any atom is 0.276 e. The molecular formula is C17H24N2O5. The van der Waals surface area contributed by atoms with Crippen LogP contribution in [0, 0.1) is 16.0 Å². The van der Waals surface area contributed by atoms with E-state index in [1.165, 1.54) is 26.7 Å². The monoisotopic (exact) mass is 336 g/mol. The zero-order valence-electron chi connectivity index (χ0n) is 14.2. The lowest BCUT2D eigenvalue weighted by Gasteiger charge is -2.20. The van der Waals surface area contributed by atoms with Crippen LogP contribution in [0.1, 0.15) is 37.7 Å². The van der Waals surface area contributed by atoms with E-state index >= 15 is 0 Å². The molecule has 24 heavy (non-hydrogen) atoms. The standard InChI is InChI=1S/C17H24N2O5/c1-23-15-10-13(14(19(21)22)11-16(15)24-2)8-9-18-17(20)12-6-4-3-5-7-12/h10-12H,3-9H2,1-2H3,(H,18,20). The van der Waals surface area contributed by atoms with Crippen LogP contribution in [0.2, 0.25) is 0 Å². The number of hydrogen-bond acceptors (Lipinski definition) is 5. The summed E-state index contributed by atoms with van der Waals surface area (Å²) in [6, 6.07) is 2.96. The Morgan fingerprint density at radius 2 is 1.83 bits per heavy atom. The molecule has 2 rings (SSSR count). The molecule has 132 valence electrons. The zero-order valence-corrected chi connectivity index (χ0v) is 14.2. The van der Waals surface area contributed by atoms with Gasteiger partial charge in [0.2, 0.25) is 5.91 Å². The summed E-state index contributed by atoms with van der Waals surface area (Å²) in [5.41, 5.74) is 0.487. The van der Waals surface area contributed by atoms with Gasteiger partial charge in [-0.05, 0) is 25.3 Å². The molecule has 1 aliphatic carbocycles. The van der Waals surface area contributed by atoms with E-state index in [9.17, 15) is 14.9 Å². The van der Waals surface area contributed by atoms with Crippen molar-refractivity contribution in [3.05, 3.63) is 27.8 Å². The highest BCUT2D eigenvalue weighted by atomic mass is 16.6. The lowest BCUT2D eigenvalue weighted by Crippen LogP contribution is -2.33. The quantitative estimate of drug-likeness (QED) is 0.611. The van der Waals surface area contributed by atoms with Crippen LogP contribution in [0.15, 0.2) is 12.1 Å². The molecule has 7 nitrogen and oxygen atoms in total. The molecule has 1 N–H and O–H groups in total. The number of amides is 1. The summed E-state index contributed by atoms with van der Waals surface area (Å²) in [5, 5.41) is 14.2. The number of methoxy groups -OCH3 is 2. The molecule has 0 radical (unpaired) electrons. The Labute approximate surface area is 141 Å². The molecule has 0 aromatic heterocycles. The number of nitrogens with zero attached hydrogens (tertiary/aromatic N) is 1. The molecule has 1 aromatic rings. The number of ether oxygens (including phenoxy) is 2. The Kier molecular flexibility index (Phi) is 6.40. The highest BCUT2D eigenvalue weighted by Crippen LogP contribution is 2.34. The molecule has 0 bridgehead atoms. The summed E-state index contributed by atoms with van der Waals surface area (Å²) in [6.07, 6.45) is 5.62. The number of benzene rings is 1. The number of carbonyl (C=O) groups is 1. The van der Waals surface area contributed by atoms with E-state index in [4.69, 9.17) is 9.47 Å². The third-order valence-electron chi connectivity index (χ3n) is 4.45. The van der Waals surface area contributed by atoms with Gasteiger partial charge < -0.3 is 14.8 Å². The highest BCUT2D eigenvalue weighted by Gasteiger charge is 2.22. The topological polar surface area (TPSA) is 90.7 Å². The first-order chi connectivity index (χ1) is 11.6. The van der Waals surface area contributed by atoms with Gasteiger partial charge in [-0.15, -0.1) is 0 Å². The Hall–Kier alpha value is -2.31. The Morgan fingerprint density at radius 1 is 1.21 bits per heavy atom. The number of nitro benzene ring substituents is 1. The predicted molar refractivity (Wildman–Crippen MR) is 89.5 cm³/mol. The molecule has 0 heterocycles. The second-order valence-electron chi connectivity index (χ2n) is 5.97. The van der Waals surface area contributed by atoms with Gasteiger partial charge in [-0.3, -0.25) is 14.9 Å². The van der Waals surface area contributed by atoms with Gasteiger partial charge in [0.05, 0.1) is 25.2 Å². The van der Waals surface area contributed by atoms with Gasteiger partial charge in [-0.2, -0.15) is 0 Å². The minimum atomic E-state index is -0.444. The molecule has 1 aliphatic rings. The molecule has 0 unspecified atom stereocenters. The fourth-order valence-electron chi connectivity index (χ4n) is 3.11. The van der Waals surface area contributed by atoms with Gasteiger partial charge in [0, 0.05) is 18.0 Å². The molecule has 1 saturated carbocycles. The maximum absolute atomic E-state index is 12.1. The number of nitro groups is 1. The first-order valence-electron chi connectivity index (χ1n) is 8.23. The summed E-state index contributed by atoms with van der Waals surface area (Å²) >= 11 is 0. The second-order valence-corrected chi connectivity index (χ2v) is 5.97. The average molecular weight is 336 g/mol. The number of rotatable bonds is 7. The minimum absolute atomic E-state index is 0.0282. The van der Waals surface area contributed by atoms with Crippen molar-refractivity contribution in [2.24, 2.45) is 5.92 Å². The highest BCUT2D eigenvalue weighted by molar-refractivity contribution is 5.78. The van der Waals surface area contributed by atoms with Crippen molar-refractivity contribution in [1.29, 1.82) is 0 Å². The van der Waals surface area contributed by atoms with Gasteiger partial charge >= 0.3 is 0 Å². The molecule has 0 atom stereocenters. The molecule has 0 aliphatic heterocycles. The van der Waals surface area contributed by atoms with Gasteiger partial charge in [0.25, 0.3) is 5.69 Å². The van der Waals surface area contributed by atoms with Crippen LogP contribution in [0.25, 0.3) is 0 Å². The van der Waals surface area contributed by atoms with E-state index in [1.807, 2.05) is 0 Å². The summed E-state index contributed by atoms with van der Waals surface area (Å²) in [4.78, 5) is 23.0. The summed E-state index contributed by atoms with van der Waals surface area (Å²) in [7, 11) is 2.92. The van der Waals surface area contributed by atoms with E-state index in [-0.39, 0.29) is 17.5 Å². The maximum atomic E-state index is 12.1. The Balaban J connectivity index is 2.02. The average Bonchev–Trinajstić information content (AvgIpc) is 2.61. The van der Waals surface area contributed by atoms with Crippen molar-refractivity contribution >= 4 is 11.6 Å². The molecule has 0 saturated heterocycles. The third kappa shape index (κ3) is 4.37. The van der Waals surface area contributed by atoms with Crippen LogP contribution in [0.4, 0.5) is 5.69 Å². The van der Waals surface area contributed by atoms with E-state index in [0.29, 0.717) is 30.0 Å². The summed E-state index contributed by atoms with van der Waals surface area (Å²) in [5.74, 6) is 0.896. The van der Waals surface area contributed by atoms with Gasteiger partial charge in [-0.25, -0.2) is 0 Å². The van der Waals surface area contributed by atoms with Crippen LogP contribution in [0.5, 0.6) is 11.5 Å². The van der Waals surface area contributed by atoms with Crippen molar-refractivity contribution in [2.45, 2.75) is 38.5 Å². The lowest BCUT2D eigenvalue weighted by molar-refractivity contribution is -0.385. The van der Waals surface area contributed by atoms with Crippen LogP contribution in [-0.4, -0.2) is 31.6 Å². The largest absolute Gasteiger partial charge is 0.493 e. The fraction of sp³-hybridized carbons (Fsp3) is 0.588. The van der Waals surface area contributed by atoms with Crippen LogP contribution >= 0.6 is 0 Å². The molecule has 1 aromatic carbocycles. The second kappa shape index (κ2) is 8.52. The normalized spacial score (nSPS) is 14.9. The minimum Gasteiger partial charge on any atom is -0.493 e. The van der Waals surface area contributed by atoms with E-state index in [1.54, 1.807) is 6.07 Å². The van der Waals surface area contributed by atoms with Gasteiger partial charge in [0.1, 0.15) is 0 Å². The van der Waals surface area contributed by atoms with Crippen molar-refractivity contribution in [2.75, 3.05) is 20.8 Å². The lowest BCUT2D eigenvalue weighted by atomic mass is 9.88. The fourth-order valence-corrected chi connectivity index (χ4v) is 3.11. The Morgan fingerprint density at radius 3 is 2.42 bits per heavy atom. The van der Waals surface area contributed by atoms with E-state index in [0.717, 1.165) is 25.7 Å². The summed E-state index contributed by atoms with van der Waals surface area (Å²) in [6.45, 7) is 0.367. The van der Waals surface area contributed by atoms with Crippen molar-refractivity contribution in [3.8, 4) is 11.5 Å².